The molecule has 0 unspecified atom stereocenters. The molecule has 5 heteroatoms. The largest absolute Gasteiger partial charge is 0.296 e. The number of carbonyl (C=O) groups is 2. The third kappa shape index (κ3) is 1.86. The Morgan fingerprint density at radius 3 is 2.47 bits per heavy atom. The van der Waals surface area contributed by atoms with Crippen LogP contribution in [0.2, 0.25) is 0 Å². The van der Waals surface area contributed by atoms with Crippen molar-refractivity contribution in [3.8, 4) is 0 Å². The molecule has 0 bridgehead atoms. The normalized spacial score (nSPS) is 19.8. The van der Waals surface area contributed by atoms with Crippen molar-refractivity contribution >= 4 is 11.8 Å². The van der Waals surface area contributed by atoms with E-state index >= 15 is 0 Å². The van der Waals surface area contributed by atoms with Crippen LogP contribution in [-0.2, 0) is 15.0 Å². The fraction of sp³-hybridized carbons (Fsp3) is 0.400. The molecule has 0 aromatic carbocycles. The minimum Gasteiger partial charge on any atom is -0.296 e. The van der Waals surface area contributed by atoms with E-state index in [2.05, 4.69) is 15.3 Å². The molecule has 0 spiro atoms. The Morgan fingerprint density at radius 2 is 1.93 bits per heavy atom. The van der Waals surface area contributed by atoms with Crippen molar-refractivity contribution in [1.29, 1.82) is 0 Å². The van der Waals surface area contributed by atoms with Gasteiger partial charge in [0.15, 0.2) is 0 Å². The van der Waals surface area contributed by atoms with Crippen LogP contribution in [-0.4, -0.2) is 21.8 Å². The standard InChI is InChI=1S/C10H11N3O2/c1-10(7-6-11-2-3-12-7)4-8(14)13-9(15)5-10/h2-3,6H,4-5H2,1H3,(H,13,14,15). The van der Waals surface area contributed by atoms with Crippen LogP contribution in [0.15, 0.2) is 18.6 Å². The van der Waals surface area contributed by atoms with Crippen LogP contribution < -0.4 is 5.32 Å². The van der Waals surface area contributed by atoms with Gasteiger partial charge in [-0.25, -0.2) is 0 Å². The number of hydrogen-bond donors (Lipinski definition) is 1. The van der Waals surface area contributed by atoms with E-state index in [0.717, 1.165) is 0 Å². The predicted octanol–water partition coefficient (Wildman–Crippen LogP) is 0.171. The molecule has 0 saturated carbocycles. The summed E-state index contributed by atoms with van der Waals surface area (Å²) in [5, 5.41) is 2.28. The molecule has 2 rings (SSSR count). The number of piperidine rings is 1. The van der Waals surface area contributed by atoms with Gasteiger partial charge in [0, 0.05) is 36.8 Å². The molecule has 2 heterocycles. The molecule has 78 valence electrons. The highest BCUT2D eigenvalue weighted by molar-refractivity contribution is 5.99. The lowest BCUT2D eigenvalue weighted by Crippen LogP contribution is -2.45. The van der Waals surface area contributed by atoms with E-state index in [-0.39, 0.29) is 24.7 Å². The Morgan fingerprint density at radius 1 is 1.27 bits per heavy atom. The Labute approximate surface area is 86.9 Å². The molecule has 1 aromatic heterocycles. The van der Waals surface area contributed by atoms with Crippen LogP contribution >= 0.6 is 0 Å². The summed E-state index contributed by atoms with van der Waals surface area (Å²) in [5.74, 6) is -0.501. The highest BCUT2D eigenvalue weighted by atomic mass is 16.2. The first-order valence-electron chi connectivity index (χ1n) is 4.69. The van der Waals surface area contributed by atoms with Gasteiger partial charge in [0.2, 0.25) is 11.8 Å². The molecule has 2 amide bonds. The summed E-state index contributed by atoms with van der Waals surface area (Å²) in [6.45, 7) is 1.85. The number of hydrogen-bond acceptors (Lipinski definition) is 4. The lowest BCUT2D eigenvalue weighted by Gasteiger charge is -2.30. The topological polar surface area (TPSA) is 72.0 Å². The maximum atomic E-state index is 11.3. The van der Waals surface area contributed by atoms with E-state index < -0.39 is 5.41 Å². The molecular weight excluding hydrogens is 194 g/mol. The molecule has 5 nitrogen and oxygen atoms in total. The van der Waals surface area contributed by atoms with Crippen LogP contribution in [0.25, 0.3) is 0 Å². The van der Waals surface area contributed by atoms with Gasteiger partial charge in [-0.3, -0.25) is 24.9 Å². The SMILES string of the molecule is CC1(c2cnccn2)CC(=O)NC(=O)C1. The second-order valence-corrected chi connectivity index (χ2v) is 3.98. The quantitative estimate of drug-likeness (QED) is 0.663. The number of nitrogens with one attached hydrogen (secondary N) is 1. The van der Waals surface area contributed by atoms with Crippen molar-refractivity contribution in [2.24, 2.45) is 0 Å². The third-order valence-corrected chi connectivity index (χ3v) is 2.56. The Balaban J connectivity index is 2.34. The van der Waals surface area contributed by atoms with E-state index in [0.29, 0.717) is 5.69 Å². The highest BCUT2D eigenvalue weighted by Crippen LogP contribution is 2.31. The zero-order valence-electron chi connectivity index (χ0n) is 8.36. The molecule has 0 atom stereocenters. The second-order valence-electron chi connectivity index (χ2n) is 3.98. The molecule has 0 aliphatic carbocycles. The first-order chi connectivity index (χ1) is 7.10. The summed E-state index contributed by atoms with van der Waals surface area (Å²) >= 11 is 0. The van der Waals surface area contributed by atoms with Crippen molar-refractivity contribution in [2.45, 2.75) is 25.2 Å². The number of rotatable bonds is 1. The molecule has 1 aromatic rings. The highest BCUT2D eigenvalue weighted by Gasteiger charge is 2.38. The fourth-order valence-electron chi connectivity index (χ4n) is 1.81. The van der Waals surface area contributed by atoms with E-state index in [1.54, 1.807) is 18.6 Å². The maximum absolute atomic E-state index is 11.3. The number of amides is 2. The van der Waals surface area contributed by atoms with Crippen molar-refractivity contribution in [2.75, 3.05) is 0 Å². The number of imide groups is 1. The zero-order valence-corrected chi connectivity index (χ0v) is 8.36. The second kappa shape index (κ2) is 3.42. The minimum atomic E-state index is -0.520. The molecule has 0 radical (unpaired) electrons. The van der Waals surface area contributed by atoms with Crippen molar-refractivity contribution < 1.29 is 9.59 Å². The van der Waals surface area contributed by atoms with Gasteiger partial charge in [0.05, 0.1) is 5.69 Å². The lowest BCUT2D eigenvalue weighted by molar-refractivity contribution is -0.135. The monoisotopic (exact) mass is 205 g/mol. The minimum absolute atomic E-state index is 0.251. The Kier molecular flexibility index (Phi) is 2.22. The zero-order chi connectivity index (χ0) is 10.9. The van der Waals surface area contributed by atoms with Crippen molar-refractivity contribution in [3.05, 3.63) is 24.3 Å². The van der Waals surface area contributed by atoms with Crippen LogP contribution in [0.4, 0.5) is 0 Å². The predicted molar refractivity (Wildman–Crippen MR) is 51.8 cm³/mol. The number of carbonyl (C=O) groups excluding carboxylic acids is 2. The molecule has 1 aliphatic heterocycles. The summed E-state index contributed by atoms with van der Waals surface area (Å²) < 4.78 is 0. The van der Waals surface area contributed by atoms with Crippen LogP contribution in [0.5, 0.6) is 0 Å². The summed E-state index contributed by atoms with van der Waals surface area (Å²) in [4.78, 5) is 30.7. The van der Waals surface area contributed by atoms with Crippen molar-refractivity contribution in [3.63, 3.8) is 0 Å². The molecular formula is C10H11N3O2. The summed E-state index contributed by atoms with van der Waals surface area (Å²) in [6, 6.07) is 0. The van der Waals surface area contributed by atoms with E-state index in [9.17, 15) is 9.59 Å². The van der Waals surface area contributed by atoms with Gasteiger partial charge in [0.25, 0.3) is 0 Å². The van der Waals surface area contributed by atoms with E-state index in [4.69, 9.17) is 0 Å². The molecule has 1 aliphatic rings. The summed E-state index contributed by atoms with van der Waals surface area (Å²) in [6.07, 6.45) is 5.29. The van der Waals surface area contributed by atoms with Crippen LogP contribution in [0, 0.1) is 0 Å². The summed E-state index contributed by atoms with van der Waals surface area (Å²) in [5.41, 5.74) is 0.168. The van der Waals surface area contributed by atoms with Gasteiger partial charge in [-0.2, -0.15) is 0 Å². The average Bonchev–Trinajstić information content (AvgIpc) is 2.17. The maximum Gasteiger partial charge on any atom is 0.227 e. The number of nitrogens with zero attached hydrogens (tertiary/aromatic N) is 2. The van der Waals surface area contributed by atoms with Gasteiger partial charge in [0.1, 0.15) is 0 Å². The Bertz CT molecular complexity index is 386. The first-order valence-corrected chi connectivity index (χ1v) is 4.69. The number of aromatic nitrogens is 2. The first kappa shape index (κ1) is 9.76. The van der Waals surface area contributed by atoms with Gasteiger partial charge < -0.3 is 0 Å². The van der Waals surface area contributed by atoms with Crippen LogP contribution in [0.3, 0.4) is 0 Å². The Hall–Kier alpha value is -1.78. The van der Waals surface area contributed by atoms with Gasteiger partial charge in [-0.1, -0.05) is 6.92 Å². The molecule has 1 fully saturated rings. The van der Waals surface area contributed by atoms with E-state index in [1.165, 1.54) is 0 Å². The third-order valence-electron chi connectivity index (χ3n) is 2.56. The van der Waals surface area contributed by atoms with Gasteiger partial charge in [-0.15, -0.1) is 0 Å². The average molecular weight is 205 g/mol. The molecule has 1 N–H and O–H groups in total. The lowest BCUT2D eigenvalue weighted by atomic mass is 9.77. The van der Waals surface area contributed by atoms with Crippen molar-refractivity contribution in [1.82, 2.24) is 15.3 Å². The van der Waals surface area contributed by atoms with E-state index in [1.807, 2.05) is 6.92 Å². The fourth-order valence-corrected chi connectivity index (χ4v) is 1.81. The van der Waals surface area contributed by atoms with Gasteiger partial charge in [-0.05, 0) is 0 Å². The molecule has 1 saturated heterocycles. The smallest absolute Gasteiger partial charge is 0.227 e. The summed E-state index contributed by atoms with van der Waals surface area (Å²) in [7, 11) is 0. The van der Waals surface area contributed by atoms with Gasteiger partial charge >= 0.3 is 0 Å². The van der Waals surface area contributed by atoms with Crippen LogP contribution in [0.1, 0.15) is 25.5 Å². The molecule has 15 heavy (non-hydrogen) atoms.